The second-order valence-corrected chi connectivity index (χ2v) is 4.68. The third-order valence-corrected chi connectivity index (χ3v) is 3.50. The van der Waals surface area contributed by atoms with E-state index in [1.807, 2.05) is 0 Å². The lowest BCUT2D eigenvalue weighted by Crippen LogP contribution is -2.42. The van der Waals surface area contributed by atoms with E-state index in [1.54, 1.807) is 6.92 Å². The first-order valence-corrected chi connectivity index (χ1v) is 6.43. The van der Waals surface area contributed by atoms with E-state index in [0.29, 0.717) is 19.5 Å². The highest BCUT2D eigenvalue weighted by atomic mass is 19.2. The number of hydrogen-bond acceptors (Lipinski definition) is 2. The Morgan fingerprint density at radius 2 is 1.62 bits per heavy atom. The second-order valence-electron chi connectivity index (χ2n) is 4.68. The van der Waals surface area contributed by atoms with Crippen LogP contribution in [0.2, 0.25) is 0 Å². The lowest BCUT2D eigenvalue weighted by molar-refractivity contribution is 0.0690. The predicted molar refractivity (Wildman–Crippen MR) is 64.2 cm³/mol. The van der Waals surface area contributed by atoms with Gasteiger partial charge in [-0.05, 0) is 19.9 Å². The molecular formula is C13H13F5N2O. The van der Waals surface area contributed by atoms with Gasteiger partial charge < -0.3 is 10.2 Å². The van der Waals surface area contributed by atoms with Crippen LogP contribution >= 0.6 is 0 Å². The highest BCUT2D eigenvalue weighted by Crippen LogP contribution is 2.25. The van der Waals surface area contributed by atoms with Gasteiger partial charge in [0.15, 0.2) is 23.3 Å². The molecule has 1 heterocycles. The molecule has 1 saturated heterocycles. The molecule has 1 atom stereocenters. The number of halogens is 5. The first kappa shape index (κ1) is 15.7. The molecule has 0 aliphatic carbocycles. The quantitative estimate of drug-likeness (QED) is 0.527. The minimum absolute atomic E-state index is 0.102. The molecule has 0 radical (unpaired) electrons. The maximum atomic E-state index is 13.7. The third-order valence-electron chi connectivity index (χ3n) is 3.50. The summed E-state index contributed by atoms with van der Waals surface area (Å²) < 4.78 is 66.6. The van der Waals surface area contributed by atoms with Crippen LogP contribution < -0.4 is 5.32 Å². The summed E-state index contributed by atoms with van der Waals surface area (Å²) in [6, 6.07) is -0.336. The molecule has 1 aromatic rings. The Morgan fingerprint density at radius 1 is 1.10 bits per heavy atom. The maximum Gasteiger partial charge on any atom is 0.260 e. The maximum absolute atomic E-state index is 13.7. The Labute approximate surface area is 117 Å². The van der Waals surface area contributed by atoms with Crippen molar-refractivity contribution in [1.82, 2.24) is 10.2 Å². The molecule has 1 unspecified atom stereocenters. The standard InChI is InChI=1S/C13H13F5N2O/c1-2-20(6-3-4-19-5-6)13(21)7-8(14)10(16)12(18)11(17)9(7)15/h6,19H,2-5H2,1H3. The van der Waals surface area contributed by atoms with Gasteiger partial charge in [-0.3, -0.25) is 4.79 Å². The third kappa shape index (κ3) is 2.59. The van der Waals surface area contributed by atoms with E-state index in [9.17, 15) is 26.7 Å². The van der Waals surface area contributed by atoms with Gasteiger partial charge in [0.25, 0.3) is 5.91 Å². The molecule has 0 saturated carbocycles. The average Bonchev–Trinajstić information content (AvgIpc) is 2.98. The molecule has 1 aromatic carbocycles. The van der Waals surface area contributed by atoms with Crippen molar-refractivity contribution in [3.05, 3.63) is 34.6 Å². The summed E-state index contributed by atoms with van der Waals surface area (Å²) in [6.07, 6.45) is 0.551. The van der Waals surface area contributed by atoms with Gasteiger partial charge in [-0.1, -0.05) is 0 Å². The molecular weight excluding hydrogens is 295 g/mol. The number of nitrogens with zero attached hydrogens (tertiary/aromatic N) is 1. The Hall–Kier alpha value is -1.70. The fraction of sp³-hybridized carbons (Fsp3) is 0.462. The van der Waals surface area contributed by atoms with E-state index >= 15 is 0 Å². The summed E-state index contributed by atoms with van der Waals surface area (Å²) in [5.74, 6) is -11.9. The van der Waals surface area contributed by atoms with Crippen LogP contribution in [0.4, 0.5) is 22.0 Å². The van der Waals surface area contributed by atoms with Crippen LogP contribution in [0.3, 0.4) is 0 Å². The van der Waals surface area contributed by atoms with Crippen molar-refractivity contribution in [2.75, 3.05) is 19.6 Å². The normalized spacial score (nSPS) is 18.1. The van der Waals surface area contributed by atoms with Crippen LogP contribution in [-0.2, 0) is 0 Å². The molecule has 0 spiro atoms. The summed E-state index contributed by atoms with van der Waals surface area (Å²) >= 11 is 0. The summed E-state index contributed by atoms with van der Waals surface area (Å²) in [4.78, 5) is 13.3. The second kappa shape index (κ2) is 5.97. The van der Waals surface area contributed by atoms with E-state index < -0.39 is 40.6 Å². The molecule has 0 bridgehead atoms. The van der Waals surface area contributed by atoms with E-state index in [-0.39, 0.29) is 12.6 Å². The monoisotopic (exact) mass is 308 g/mol. The smallest absolute Gasteiger partial charge is 0.260 e. The topological polar surface area (TPSA) is 32.3 Å². The molecule has 116 valence electrons. The van der Waals surface area contributed by atoms with E-state index in [0.717, 1.165) is 4.90 Å². The van der Waals surface area contributed by atoms with E-state index in [1.165, 1.54) is 0 Å². The first-order valence-electron chi connectivity index (χ1n) is 6.43. The Balaban J connectivity index is 2.47. The minimum atomic E-state index is -2.27. The Bertz CT molecular complexity index is 543. The molecule has 1 fully saturated rings. The van der Waals surface area contributed by atoms with Gasteiger partial charge in [-0.2, -0.15) is 0 Å². The zero-order valence-corrected chi connectivity index (χ0v) is 11.2. The number of rotatable bonds is 3. The first-order chi connectivity index (χ1) is 9.90. The van der Waals surface area contributed by atoms with Crippen molar-refractivity contribution in [3.63, 3.8) is 0 Å². The number of hydrogen-bond donors (Lipinski definition) is 1. The molecule has 21 heavy (non-hydrogen) atoms. The van der Waals surface area contributed by atoms with Crippen LogP contribution in [0, 0.1) is 29.1 Å². The summed E-state index contributed by atoms with van der Waals surface area (Å²) in [7, 11) is 0. The lowest BCUT2D eigenvalue weighted by atomic mass is 10.1. The number of carbonyl (C=O) groups is 1. The molecule has 8 heteroatoms. The van der Waals surface area contributed by atoms with Crippen molar-refractivity contribution in [3.8, 4) is 0 Å². The Kier molecular flexibility index (Phi) is 4.46. The predicted octanol–water partition coefficient (Wildman–Crippen LogP) is 2.21. The van der Waals surface area contributed by atoms with E-state index in [4.69, 9.17) is 0 Å². The van der Waals surface area contributed by atoms with Gasteiger partial charge in [0.2, 0.25) is 5.82 Å². The summed E-state index contributed by atoms with van der Waals surface area (Å²) in [6.45, 7) is 2.70. The van der Waals surface area contributed by atoms with Gasteiger partial charge in [-0.25, -0.2) is 22.0 Å². The molecule has 3 nitrogen and oxygen atoms in total. The number of benzene rings is 1. The Morgan fingerprint density at radius 3 is 2.05 bits per heavy atom. The fourth-order valence-electron chi connectivity index (χ4n) is 2.41. The highest BCUT2D eigenvalue weighted by Gasteiger charge is 2.34. The van der Waals surface area contributed by atoms with Crippen LogP contribution in [-0.4, -0.2) is 36.5 Å². The highest BCUT2D eigenvalue weighted by molar-refractivity contribution is 5.95. The van der Waals surface area contributed by atoms with Crippen molar-refractivity contribution < 1.29 is 26.7 Å². The minimum Gasteiger partial charge on any atom is -0.334 e. The molecule has 1 amide bonds. The van der Waals surface area contributed by atoms with Crippen molar-refractivity contribution >= 4 is 5.91 Å². The van der Waals surface area contributed by atoms with Crippen LogP contribution in [0.5, 0.6) is 0 Å². The molecule has 2 rings (SSSR count). The number of nitrogens with one attached hydrogen (secondary N) is 1. The van der Waals surface area contributed by atoms with Crippen LogP contribution in [0.1, 0.15) is 23.7 Å². The van der Waals surface area contributed by atoms with Crippen LogP contribution in [0.25, 0.3) is 0 Å². The number of likely N-dealkylation sites (N-methyl/N-ethyl adjacent to an activating group) is 1. The van der Waals surface area contributed by atoms with Crippen molar-refractivity contribution in [1.29, 1.82) is 0 Å². The zero-order chi connectivity index (χ0) is 15.7. The molecule has 1 N–H and O–H groups in total. The average molecular weight is 308 g/mol. The lowest BCUT2D eigenvalue weighted by Gasteiger charge is -2.27. The van der Waals surface area contributed by atoms with Crippen molar-refractivity contribution in [2.24, 2.45) is 0 Å². The zero-order valence-electron chi connectivity index (χ0n) is 11.2. The van der Waals surface area contributed by atoms with Gasteiger partial charge in [0.1, 0.15) is 5.56 Å². The van der Waals surface area contributed by atoms with Gasteiger partial charge in [0, 0.05) is 19.1 Å². The largest absolute Gasteiger partial charge is 0.334 e. The van der Waals surface area contributed by atoms with Gasteiger partial charge >= 0.3 is 0 Å². The van der Waals surface area contributed by atoms with E-state index in [2.05, 4.69) is 5.32 Å². The fourth-order valence-corrected chi connectivity index (χ4v) is 2.41. The summed E-state index contributed by atoms with van der Waals surface area (Å²) in [5.41, 5.74) is -1.40. The SMILES string of the molecule is CCN(C(=O)c1c(F)c(F)c(F)c(F)c1F)C1CCNC1. The number of carbonyl (C=O) groups excluding carboxylic acids is 1. The number of amides is 1. The molecule has 1 aliphatic heterocycles. The summed E-state index contributed by atoms with van der Waals surface area (Å²) in [5, 5.41) is 2.97. The molecule has 0 aromatic heterocycles. The van der Waals surface area contributed by atoms with Crippen LogP contribution in [0.15, 0.2) is 0 Å². The van der Waals surface area contributed by atoms with Gasteiger partial charge in [0.05, 0.1) is 0 Å². The van der Waals surface area contributed by atoms with Crippen molar-refractivity contribution in [2.45, 2.75) is 19.4 Å². The molecule has 1 aliphatic rings. The van der Waals surface area contributed by atoms with Gasteiger partial charge in [-0.15, -0.1) is 0 Å².